The monoisotopic (exact) mass is 392 g/mol. The van der Waals surface area contributed by atoms with Gasteiger partial charge < -0.3 is 24.8 Å². The molecule has 0 aliphatic carbocycles. The Morgan fingerprint density at radius 3 is 2.78 bits per heavy atom. The highest BCUT2D eigenvalue weighted by Gasteiger charge is 2.18. The van der Waals surface area contributed by atoms with Gasteiger partial charge in [-0.15, -0.1) is 0 Å². The Hall–Kier alpha value is -2.58. The summed E-state index contributed by atoms with van der Waals surface area (Å²) in [5.74, 6) is 1.17. The van der Waals surface area contributed by atoms with Gasteiger partial charge in [-0.25, -0.2) is 9.97 Å². The molecule has 0 radical (unpaired) electrons. The summed E-state index contributed by atoms with van der Waals surface area (Å²) in [5, 5.41) is 6.36. The molecule has 9 heteroatoms. The number of ether oxygens (including phenoxy) is 3. The van der Waals surface area contributed by atoms with Crippen LogP contribution in [0.1, 0.15) is 23.3 Å². The second-order valence-electron chi connectivity index (χ2n) is 5.95. The molecule has 2 heterocycles. The summed E-state index contributed by atoms with van der Waals surface area (Å²) < 4.78 is 16.1. The molecule has 144 valence electrons. The first-order valence-corrected chi connectivity index (χ1v) is 8.89. The number of benzene rings is 1. The molecular weight excluding hydrogens is 372 g/mol. The molecule has 3 rings (SSSR count). The third-order valence-electron chi connectivity index (χ3n) is 4.15. The minimum absolute atomic E-state index is 0.0687. The van der Waals surface area contributed by atoms with Gasteiger partial charge in [0, 0.05) is 31.4 Å². The molecule has 0 bridgehead atoms. The molecule has 27 heavy (non-hydrogen) atoms. The van der Waals surface area contributed by atoms with E-state index in [1.54, 1.807) is 18.2 Å². The molecule has 1 aliphatic rings. The average Bonchev–Trinajstić information content (AvgIpc) is 3.21. The Bertz CT molecular complexity index is 812. The summed E-state index contributed by atoms with van der Waals surface area (Å²) in [5.41, 5.74) is 0.855. The van der Waals surface area contributed by atoms with Crippen molar-refractivity contribution in [1.82, 2.24) is 15.3 Å². The van der Waals surface area contributed by atoms with Gasteiger partial charge in [-0.3, -0.25) is 4.79 Å². The number of anilines is 2. The molecule has 1 aromatic heterocycles. The van der Waals surface area contributed by atoms with Gasteiger partial charge in [0.25, 0.3) is 5.91 Å². The highest BCUT2D eigenvalue weighted by atomic mass is 35.5. The van der Waals surface area contributed by atoms with E-state index in [0.29, 0.717) is 34.6 Å². The molecule has 2 N–H and O–H groups in total. The number of carbonyl (C=O) groups excluding carboxylic acids is 1. The van der Waals surface area contributed by atoms with Crippen LogP contribution in [0.5, 0.6) is 11.5 Å². The van der Waals surface area contributed by atoms with Gasteiger partial charge in [-0.2, -0.15) is 0 Å². The van der Waals surface area contributed by atoms with Crippen LogP contribution in [-0.2, 0) is 4.74 Å². The molecule has 8 nitrogen and oxygen atoms in total. The van der Waals surface area contributed by atoms with Crippen LogP contribution in [-0.4, -0.2) is 49.4 Å². The van der Waals surface area contributed by atoms with E-state index in [4.69, 9.17) is 25.8 Å². The van der Waals surface area contributed by atoms with Crippen molar-refractivity contribution in [3.05, 3.63) is 35.2 Å². The Morgan fingerprint density at radius 1 is 1.26 bits per heavy atom. The molecule has 0 saturated carbocycles. The number of nitrogens with zero attached hydrogens (tertiary/aromatic N) is 2. The third-order valence-corrected chi connectivity index (χ3v) is 4.45. The number of hydrogen-bond acceptors (Lipinski definition) is 7. The van der Waals surface area contributed by atoms with E-state index in [2.05, 4.69) is 20.6 Å². The molecule has 2 aromatic rings. The third kappa shape index (κ3) is 4.78. The second-order valence-corrected chi connectivity index (χ2v) is 6.35. The minimum atomic E-state index is -0.281. The highest BCUT2D eigenvalue weighted by molar-refractivity contribution is 6.32. The summed E-state index contributed by atoms with van der Waals surface area (Å²) in [6.07, 6.45) is 3.37. The predicted octanol–water partition coefficient (Wildman–Crippen LogP) is 2.80. The van der Waals surface area contributed by atoms with Crippen molar-refractivity contribution in [2.45, 2.75) is 18.9 Å². The number of aromatic nitrogens is 2. The highest BCUT2D eigenvalue weighted by Crippen LogP contribution is 2.37. The van der Waals surface area contributed by atoms with Gasteiger partial charge in [-0.05, 0) is 12.8 Å². The predicted molar refractivity (Wildman–Crippen MR) is 101 cm³/mol. The van der Waals surface area contributed by atoms with Crippen LogP contribution < -0.4 is 20.1 Å². The number of hydrogen-bond donors (Lipinski definition) is 2. The number of nitrogens with one attached hydrogen (secondary N) is 2. The Balaban J connectivity index is 1.72. The maximum Gasteiger partial charge on any atom is 0.270 e. The molecule has 1 amide bonds. The molecule has 1 aliphatic heterocycles. The largest absolute Gasteiger partial charge is 0.495 e. The molecule has 1 atom stereocenters. The zero-order chi connectivity index (χ0) is 19.2. The van der Waals surface area contributed by atoms with Crippen molar-refractivity contribution in [2.75, 3.05) is 32.7 Å². The van der Waals surface area contributed by atoms with Gasteiger partial charge in [0.05, 0.1) is 31.0 Å². The Labute approximate surface area is 162 Å². The lowest BCUT2D eigenvalue weighted by molar-refractivity contribution is 0.0853. The summed E-state index contributed by atoms with van der Waals surface area (Å²) in [6, 6.07) is 4.89. The average molecular weight is 393 g/mol. The van der Waals surface area contributed by atoms with Crippen LogP contribution in [0.2, 0.25) is 5.02 Å². The fourth-order valence-corrected chi connectivity index (χ4v) is 2.98. The summed E-state index contributed by atoms with van der Waals surface area (Å²) >= 11 is 6.12. The zero-order valence-electron chi connectivity index (χ0n) is 15.1. The first kappa shape index (κ1) is 19.2. The maximum atomic E-state index is 12.3. The first-order chi connectivity index (χ1) is 13.1. The van der Waals surface area contributed by atoms with E-state index in [1.165, 1.54) is 20.5 Å². The lowest BCUT2D eigenvalue weighted by Gasteiger charge is -2.14. The van der Waals surface area contributed by atoms with Gasteiger partial charge in [0.2, 0.25) is 0 Å². The molecule has 0 spiro atoms. The van der Waals surface area contributed by atoms with Crippen LogP contribution >= 0.6 is 11.6 Å². The number of halogens is 1. The van der Waals surface area contributed by atoms with E-state index in [9.17, 15) is 4.79 Å². The van der Waals surface area contributed by atoms with Gasteiger partial charge in [0.1, 0.15) is 29.3 Å². The van der Waals surface area contributed by atoms with E-state index >= 15 is 0 Å². The number of amides is 1. The van der Waals surface area contributed by atoms with Gasteiger partial charge >= 0.3 is 0 Å². The van der Waals surface area contributed by atoms with Crippen molar-refractivity contribution in [2.24, 2.45) is 0 Å². The van der Waals surface area contributed by atoms with E-state index < -0.39 is 0 Å². The summed E-state index contributed by atoms with van der Waals surface area (Å²) in [4.78, 5) is 20.5. The van der Waals surface area contributed by atoms with E-state index in [0.717, 1.165) is 19.4 Å². The van der Waals surface area contributed by atoms with Crippen molar-refractivity contribution in [1.29, 1.82) is 0 Å². The van der Waals surface area contributed by atoms with Gasteiger partial charge in [0.15, 0.2) is 0 Å². The van der Waals surface area contributed by atoms with Crippen LogP contribution in [0.25, 0.3) is 0 Å². The minimum Gasteiger partial charge on any atom is -0.495 e. The fraction of sp³-hybridized carbons (Fsp3) is 0.389. The topological polar surface area (TPSA) is 94.6 Å². The summed E-state index contributed by atoms with van der Waals surface area (Å²) in [7, 11) is 3.06. The van der Waals surface area contributed by atoms with Crippen molar-refractivity contribution in [3.8, 4) is 11.5 Å². The first-order valence-electron chi connectivity index (χ1n) is 8.51. The second kappa shape index (κ2) is 8.88. The van der Waals surface area contributed by atoms with Crippen molar-refractivity contribution in [3.63, 3.8) is 0 Å². The quantitative estimate of drug-likeness (QED) is 0.748. The van der Waals surface area contributed by atoms with E-state index in [1.807, 2.05) is 0 Å². The molecule has 1 saturated heterocycles. The Morgan fingerprint density at radius 2 is 2.07 bits per heavy atom. The van der Waals surface area contributed by atoms with Crippen molar-refractivity contribution < 1.29 is 19.0 Å². The number of carbonyl (C=O) groups is 1. The molecule has 1 aromatic carbocycles. The standard InChI is InChI=1S/C18H21ClN4O4/c1-25-15-7-13(16(26-2)6-12(15)19)23-17-8-14(21-10-22-17)18(24)20-9-11-4-3-5-27-11/h6-8,10-11H,3-5,9H2,1-2H3,(H,20,24)(H,21,22,23). The smallest absolute Gasteiger partial charge is 0.270 e. The lowest BCUT2D eigenvalue weighted by atomic mass is 10.2. The SMILES string of the molecule is COc1cc(Nc2cc(C(=O)NCC3CCCO3)ncn2)c(OC)cc1Cl. The Kier molecular flexibility index (Phi) is 6.31. The van der Waals surface area contributed by atoms with Crippen molar-refractivity contribution >= 4 is 29.0 Å². The van der Waals surface area contributed by atoms with Crippen LogP contribution in [0.3, 0.4) is 0 Å². The van der Waals surface area contributed by atoms with Gasteiger partial charge in [-0.1, -0.05) is 11.6 Å². The van der Waals surface area contributed by atoms with Crippen LogP contribution in [0, 0.1) is 0 Å². The molecular formula is C18H21ClN4O4. The summed E-state index contributed by atoms with van der Waals surface area (Å²) in [6.45, 7) is 1.21. The maximum absolute atomic E-state index is 12.3. The lowest BCUT2D eigenvalue weighted by Crippen LogP contribution is -2.32. The fourth-order valence-electron chi connectivity index (χ4n) is 2.75. The van der Waals surface area contributed by atoms with E-state index in [-0.39, 0.29) is 17.7 Å². The number of rotatable bonds is 7. The molecule has 1 unspecified atom stereocenters. The molecule has 1 fully saturated rings. The zero-order valence-corrected chi connectivity index (χ0v) is 15.9. The van der Waals surface area contributed by atoms with Crippen LogP contribution in [0.15, 0.2) is 24.5 Å². The normalized spacial score (nSPS) is 16.0. The number of methoxy groups -OCH3 is 2. The van der Waals surface area contributed by atoms with Crippen LogP contribution in [0.4, 0.5) is 11.5 Å².